The van der Waals surface area contributed by atoms with Gasteiger partial charge in [0, 0.05) is 44.2 Å². The van der Waals surface area contributed by atoms with E-state index in [4.69, 9.17) is 0 Å². The van der Waals surface area contributed by atoms with Crippen LogP contribution in [0.25, 0.3) is 11.1 Å². The maximum atomic E-state index is 13.1. The van der Waals surface area contributed by atoms with Gasteiger partial charge < -0.3 is 15.1 Å². The zero-order valence-electron chi connectivity index (χ0n) is 19.3. The Morgan fingerprint density at radius 3 is 2.65 bits per heavy atom. The number of fused-ring (bicyclic) bond motifs is 2. The molecule has 3 aliphatic rings. The van der Waals surface area contributed by atoms with Crippen LogP contribution in [-0.4, -0.2) is 53.8 Å². The molecule has 1 saturated heterocycles. The molecule has 2 N–H and O–H groups in total. The lowest BCUT2D eigenvalue weighted by Gasteiger charge is -2.27. The third kappa shape index (κ3) is 4.24. The summed E-state index contributed by atoms with van der Waals surface area (Å²) in [7, 11) is 0. The number of rotatable bonds is 6. The Balaban J connectivity index is 1.28. The van der Waals surface area contributed by atoms with E-state index in [1.54, 1.807) is 0 Å². The summed E-state index contributed by atoms with van der Waals surface area (Å²) in [5.74, 6) is 0.0245. The summed E-state index contributed by atoms with van der Waals surface area (Å²) >= 11 is 1.36. The molecule has 1 saturated carbocycles. The molecule has 2 aromatic carbocycles. The van der Waals surface area contributed by atoms with Crippen LogP contribution in [0.2, 0.25) is 0 Å². The molecule has 176 valence electrons. The molecule has 34 heavy (non-hydrogen) atoms. The van der Waals surface area contributed by atoms with Crippen molar-refractivity contribution >= 4 is 28.0 Å². The van der Waals surface area contributed by atoms with Gasteiger partial charge in [-0.25, -0.2) is 0 Å². The standard InChI is InChI=1S/C27H30N4O2S/c32-25-17-23-26(33)29-34-27(23)31(21-7-8-21)24-16-20(6-9-22(24)25)19-5-1-3-18(15-19)4-2-12-30-13-10-28-11-14-30/h1,3,5-6,9,15-16,21,28H,2,4,7-8,10-14,17H2,(H,29,33). The van der Waals surface area contributed by atoms with Crippen molar-refractivity contribution in [3.63, 3.8) is 0 Å². The van der Waals surface area contributed by atoms with Crippen LogP contribution in [0.5, 0.6) is 0 Å². The van der Waals surface area contributed by atoms with E-state index in [1.807, 2.05) is 6.07 Å². The van der Waals surface area contributed by atoms with Crippen LogP contribution in [0.4, 0.5) is 10.7 Å². The molecule has 0 spiro atoms. The summed E-state index contributed by atoms with van der Waals surface area (Å²) in [5.41, 5.74) is 5.81. The van der Waals surface area contributed by atoms with Gasteiger partial charge in [0.1, 0.15) is 5.00 Å². The number of benzene rings is 2. The maximum Gasteiger partial charge on any atom is 0.263 e. The second-order valence-electron chi connectivity index (χ2n) is 9.65. The highest BCUT2D eigenvalue weighted by molar-refractivity contribution is 7.10. The first-order chi connectivity index (χ1) is 16.7. The molecule has 0 unspecified atom stereocenters. The number of aryl methyl sites for hydroxylation is 1. The number of nitrogens with one attached hydrogen (secondary N) is 2. The molecule has 2 aliphatic heterocycles. The number of aromatic nitrogens is 1. The molecule has 6 nitrogen and oxygen atoms in total. The van der Waals surface area contributed by atoms with Crippen molar-refractivity contribution in [2.75, 3.05) is 37.6 Å². The summed E-state index contributed by atoms with van der Waals surface area (Å²) in [6.07, 6.45) is 4.58. The summed E-state index contributed by atoms with van der Waals surface area (Å²) in [4.78, 5) is 30.3. The van der Waals surface area contributed by atoms with Crippen molar-refractivity contribution in [3.8, 4) is 11.1 Å². The minimum atomic E-state index is -0.124. The first-order valence-corrected chi connectivity index (χ1v) is 13.2. The van der Waals surface area contributed by atoms with Crippen LogP contribution < -0.4 is 15.8 Å². The van der Waals surface area contributed by atoms with Gasteiger partial charge in [-0.15, -0.1) is 0 Å². The van der Waals surface area contributed by atoms with Crippen molar-refractivity contribution in [2.24, 2.45) is 0 Å². The van der Waals surface area contributed by atoms with Crippen LogP contribution in [0, 0.1) is 0 Å². The van der Waals surface area contributed by atoms with E-state index < -0.39 is 0 Å². The highest BCUT2D eigenvalue weighted by Crippen LogP contribution is 2.45. The molecule has 0 amide bonds. The molecule has 0 atom stereocenters. The average molecular weight is 475 g/mol. The molecule has 3 heterocycles. The third-order valence-electron chi connectivity index (χ3n) is 7.21. The van der Waals surface area contributed by atoms with Gasteiger partial charge in [0.15, 0.2) is 5.78 Å². The lowest BCUT2D eigenvalue weighted by atomic mass is 9.97. The quantitative estimate of drug-likeness (QED) is 0.566. The van der Waals surface area contributed by atoms with Gasteiger partial charge in [0.25, 0.3) is 5.56 Å². The van der Waals surface area contributed by atoms with Crippen LogP contribution in [-0.2, 0) is 12.8 Å². The normalized spacial score (nSPS) is 18.5. The average Bonchev–Trinajstić information content (AvgIpc) is 3.65. The van der Waals surface area contributed by atoms with Crippen molar-refractivity contribution in [3.05, 3.63) is 69.5 Å². The van der Waals surface area contributed by atoms with Crippen molar-refractivity contribution < 1.29 is 4.79 Å². The Kier molecular flexibility index (Phi) is 5.85. The summed E-state index contributed by atoms with van der Waals surface area (Å²) in [6, 6.07) is 15.3. The number of piperazine rings is 1. The van der Waals surface area contributed by atoms with Gasteiger partial charge in [0.2, 0.25) is 0 Å². The van der Waals surface area contributed by atoms with Crippen LogP contribution in [0.3, 0.4) is 0 Å². The molecular formula is C27H30N4O2S. The number of H-pyrrole nitrogens is 1. The molecule has 7 heteroatoms. The second kappa shape index (κ2) is 9.13. The highest BCUT2D eigenvalue weighted by Gasteiger charge is 2.38. The van der Waals surface area contributed by atoms with E-state index in [2.05, 4.69) is 55.9 Å². The Bertz CT molecular complexity index is 1270. The zero-order valence-corrected chi connectivity index (χ0v) is 20.1. The SMILES string of the molecule is O=C1Cc2c(s[nH]c2=O)N(C2CC2)c2cc(-c3cccc(CCCN4CCNCC4)c3)ccc21. The number of aromatic amines is 1. The number of hydrogen-bond donors (Lipinski definition) is 2. The molecule has 1 aliphatic carbocycles. The molecule has 0 radical (unpaired) electrons. The topological polar surface area (TPSA) is 68.4 Å². The molecule has 0 bridgehead atoms. The van der Waals surface area contributed by atoms with Gasteiger partial charge >= 0.3 is 0 Å². The summed E-state index contributed by atoms with van der Waals surface area (Å²) < 4.78 is 2.85. The van der Waals surface area contributed by atoms with Crippen molar-refractivity contribution in [1.29, 1.82) is 0 Å². The van der Waals surface area contributed by atoms with E-state index in [0.717, 1.165) is 80.2 Å². The van der Waals surface area contributed by atoms with E-state index in [1.165, 1.54) is 22.7 Å². The van der Waals surface area contributed by atoms with Crippen molar-refractivity contribution in [2.45, 2.75) is 38.1 Å². The molecule has 3 aromatic rings. The second-order valence-corrected chi connectivity index (χ2v) is 10.4. The highest BCUT2D eigenvalue weighted by atomic mass is 32.1. The van der Waals surface area contributed by atoms with Gasteiger partial charge in [-0.3, -0.25) is 14.0 Å². The lowest BCUT2D eigenvalue weighted by Crippen LogP contribution is -2.43. The van der Waals surface area contributed by atoms with Crippen LogP contribution in [0.1, 0.15) is 40.7 Å². The summed E-state index contributed by atoms with van der Waals surface area (Å²) in [5, 5.41) is 4.33. The Hall–Kier alpha value is -2.74. The minimum absolute atomic E-state index is 0.0245. The Morgan fingerprint density at radius 1 is 1.00 bits per heavy atom. The largest absolute Gasteiger partial charge is 0.328 e. The van der Waals surface area contributed by atoms with E-state index in [0.29, 0.717) is 11.6 Å². The summed E-state index contributed by atoms with van der Waals surface area (Å²) in [6.45, 7) is 5.61. The van der Waals surface area contributed by atoms with Gasteiger partial charge in [0.05, 0.1) is 11.3 Å². The first-order valence-electron chi connectivity index (χ1n) is 12.4. The minimum Gasteiger partial charge on any atom is -0.328 e. The predicted molar refractivity (Wildman–Crippen MR) is 138 cm³/mol. The number of nitrogens with zero attached hydrogens (tertiary/aromatic N) is 2. The molecule has 1 aromatic heterocycles. The molecule has 6 rings (SSSR count). The smallest absolute Gasteiger partial charge is 0.263 e. The number of Topliss-reactive ketones (excluding diaryl/α,β-unsaturated/α-hetero) is 1. The van der Waals surface area contributed by atoms with Gasteiger partial charge in [-0.05, 0) is 72.6 Å². The number of ketones is 1. The zero-order chi connectivity index (χ0) is 23.1. The van der Waals surface area contributed by atoms with Gasteiger partial charge in [-0.2, -0.15) is 0 Å². The number of anilines is 2. The number of carbonyl (C=O) groups is 1. The first kappa shape index (κ1) is 21.8. The monoisotopic (exact) mass is 474 g/mol. The molecule has 2 fully saturated rings. The third-order valence-corrected chi connectivity index (χ3v) is 8.13. The van der Waals surface area contributed by atoms with Crippen molar-refractivity contribution in [1.82, 2.24) is 14.6 Å². The van der Waals surface area contributed by atoms with Gasteiger partial charge in [-0.1, -0.05) is 30.3 Å². The van der Waals surface area contributed by atoms with E-state index in [-0.39, 0.29) is 17.8 Å². The van der Waals surface area contributed by atoms with E-state index >= 15 is 0 Å². The maximum absolute atomic E-state index is 13.1. The lowest BCUT2D eigenvalue weighted by molar-refractivity contribution is 0.0994. The Morgan fingerprint density at radius 2 is 1.82 bits per heavy atom. The van der Waals surface area contributed by atoms with Crippen LogP contribution >= 0.6 is 11.5 Å². The fraction of sp³-hybridized carbons (Fsp3) is 0.407. The fourth-order valence-electron chi connectivity index (χ4n) is 5.22. The fourth-order valence-corrected chi connectivity index (χ4v) is 6.17. The number of carbonyl (C=O) groups excluding carboxylic acids is 1. The van der Waals surface area contributed by atoms with Crippen LogP contribution in [0.15, 0.2) is 47.3 Å². The predicted octanol–water partition coefficient (Wildman–Crippen LogP) is 3.98. The van der Waals surface area contributed by atoms with E-state index in [9.17, 15) is 9.59 Å². The molecular weight excluding hydrogens is 444 g/mol. The Labute approximate surface area is 203 Å². The number of hydrogen-bond acceptors (Lipinski definition) is 6.